The van der Waals surface area contributed by atoms with E-state index in [4.69, 9.17) is 25.5 Å². The zero-order valence-corrected chi connectivity index (χ0v) is 16.1. The number of carbonyl (C=O) groups excluding carboxylic acids is 1. The zero-order valence-electron chi connectivity index (χ0n) is 15.3. The van der Waals surface area contributed by atoms with Crippen molar-refractivity contribution >= 4 is 23.6 Å². The van der Waals surface area contributed by atoms with Gasteiger partial charge in [0.25, 0.3) is 5.89 Å². The van der Waals surface area contributed by atoms with Crippen LogP contribution in [0.2, 0.25) is 5.02 Å². The molecule has 6 nitrogen and oxygen atoms in total. The van der Waals surface area contributed by atoms with E-state index in [1.54, 1.807) is 31.2 Å². The van der Waals surface area contributed by atoms with E-state index in [0.29, 0.717) is 22.2 Å². The summed E-state index contributed by atoms with van der Waals surface area (Å²) in [5, 5.41) is 8.62. The second-order valence-corrected chi connectivity index (χ2v) is 6.94. The van der Waals surface area contributed by atoms with Gasteiger partial charge in [0.2, 0.25) is 5.89 Å². The first-order valence-corrected chi connectivity index (χ1v) is 9.12. The molecule has 3 aromatic rings. The average molecular weight is 397 g/mol. The Morgan fingerprint density at radius 3 is 2.89 bits per heavy atom. The van der Waals surface area contributed by atoms with E-state index in [1.807, 2.05) is 31.2 Å². The van der Waals surface area contributed by atoms with E-state index in [1.165, 1.54) is 0 Å². The summed E-state index contributed by atoms with van der Waals surface area (Å²) in [4.78, 5) is 12.5. The van der Waals surface area contributed by atoms with Crippen LogP contribution in [0.1, 0.15) is 30.0 Å². The fraction of sp³-hybridized carbons (Fsp3) is 0.190. The van der Waals surface area contributed by atoms with Crippen LogP contribution in [0, 0.1) is 6.92 Å². The highest BCUT2D eigenvalue weighted by Gasteiger charge is 2.24. The fourth-order valence-electron chi connectivity index (χ4n) is 2.85. The number of nitrogens with zero attached hydrogens (tertiary/aromatic N) is 2. The molecule has 1 aliphatic rings. The number of esters is 1. The van der Waals surface area contributed by atoms with E-state index >= 15 is 0 Å². The van der Waals surface area contributed by atoms with Crippen molar-refractivity contribution in [1.82, 2.24) is 10.2 Å². The highest BCUT2D eigenvalue weighted by Crippen LogP contribution is 2.30. The van der Waals surface area contributed by atoms with Gasteiger partial charge in [-0.25, -0.2) is 4.79 Å². The SMILES string of the molecule is Cc1cccc(-c2nnc(C(C)OC(=O)C3=Cc4cc(Cl)ccc4OC3)o2)c1. The molecule has 0 fully saturated rings. The summed E-state index contributed by atoms with van der Waals surface area (Å²) in [5.74, 6) is 0.776. The van der Waals surface area contributed by atoms with Gasteiger partial charge < -0.3 is 13.9 Å². The van der Waals surface area contributed by atoms with E-state index in [0.717, 1.165) is 16.7 Å². The Hall–Kier alpha value is -3.12. The molecule has 7 heteroatoms. The third-order valence-electron chi connectivity index (χ3n) is 4.28. The third kappa shape index (κ3) is 3.77. The maximum Gasteiger partial charge on any atom is 0.338 e. The van der Waals surface area contributed by atoms with Gasteiger partial charge in [0.15, 0.2) is 6.10 Å². The average Bonchev–Trinajstić information content (AvgIpc) is 3.18. The maximum absolute atomic E-state index is 12.5. The summed E-state index contributed by atoms with van der Waals surface area (Å²) < 4.78 is 16.8. The number of hydrogen-bond acceptors (Lipinski definition) is 6. The van der Waals surface area contributed by atoms with Gasteiger partial charge in [-0.1, -0.05) is 29.3 Å². The second kappa shape index (κ2) is 7.48. The molecule has 0 radical (unpaired) electrons. The molecule has 0 amide bonds. The Bertz CT molecular complexity index is 1070. The van der Waals surface area contributed by atoms with Crippen molar-refractivity contribution in [2.45, 2.75) is 20.0 Å². The topological polar surface area (TPSA) is 74.5 Å². The summed E-state index contributed by atoms with van der Waals surface area (Å²) in [5.41, 5.74) is 3.02. The molecule has 4 rings (SSSR count). The highest BCUT2D eigenvalue weighted by atomic mass is 35.5. The number of rotatable bonds is 4. The molecule has 1 aliphatic heterocycles. The number of ether oxygens (including phenoxy) is 2. The lowest BCUT2D eigenvalue weighted by Crippen LogP contribution is -2.18. The summed E-state index contributed by atoms with van der Waals surface area (Å²) in [6.07, 6.45) is 1.02. The van der Waals surface area contributed by atoms with Crippen LogP contribution in [-0.4, -0.2) is 22.8 Å². The monoisotopic (exact) mass is 396 g/mol. The molecular weight excluding hydrogens is 380 g/mol. The molecular formula is C21H17ClN2O4. The van der Waals surface area contributed by atoms with Gasteiger partial charge in [-0.2, -0.15) is 0 Å². The lowest BCUT2D eigenvalue weighted by molar-refractivity contribution is -0.145. The molecule has 0 N–H and O–H groups in total. The highest BCUT2D eigenvalue weighted by molar-refractivity contribution is 6.30. The van der Waals surface area contributed by atoms with Crippen molar-refractivity contribution in [3.63, 3.8) is 0 Å². The Labute approximate surface area is 166 Å². The fourth-order valence-corrected chi connectivity index (χ4v) is 3.03. The summed E-state index contributed by atoms with van der Waals surface area (Å²) in [7, 11) is 0. The minimum Gasteiger partial charge on any atom is -0.488 e. The molecule has 0 aliphatic carbocycles. The van der Waals surface area contributed by atoms with Crippen molar-refractivity contribution in [3.05, 3.63) is 70.1 Å². The predicted molar refractivity (Wildman–Crippen MR) is 104 cm³/mol. The second-order valence-electron chi connectivity index (χ2n) is 6.50. The molecule has 0 saturated carbocycles. The minimum absolute atomic E-state index is 0.124. The van der Waals surface area contributed by atoms with Gasteiger partial charge in [0.05, 0.1) is 5.57 Å². The molecule has 1 atom stereocenters. The van der Waals surface area contributed by atoms with Crippen LogP contribution in [0.4, 0.5) is 0 Å². The molecule has 2 heterocycles. The van der Waals surface area contributed by atoms with Crippen molar-refractivity contribution < 1.29 is 18.7 Å². The quantitative estimate of drug-likeness (QED) is 0.591. The van der Waals surface area contributed by atoms with Crippen molar-refractivity contribution in [2.75, 3.05) is 6.61 Å². The minimum atomic E-state index is -0.694. The first-order valence-electron chi connectivity index (χ1n) is 8.74. The van der Waals surface area contributed by atoms with Crippen LogP contribution < -0.4 is 4.74 Å². The first-order chi connectivity index (χ1) is 13.5. The zero-order chi connectivity index (χ0) is 19.7. The molecule has 2 aromatic carbocycles. The molecule has 1 aromatic heterocycles. The molecule has 0 spiro atoms. The van der Waals surface area contributed by atoms with Crippen LogP contribution in [-0.2, 0) is 9.53 Å². The van der Waals surface area contributed by atoms with Gasteiger partial charge in [0.1, 0.15) is 12.4 Å². The van der Waals surface area contributed by atoms with E-state index in [2.05, 4.69) is 10.2 Å². The smallest absolute Gasteiger partial charge is 0.338 e. The largest absolute Gasteiger partial charge is 0.488 e. The van der Waals surface area contributed by atoms with E-state index in [9.17, 15) is 4.79 Å². The number of benzene rings is 2. The molecule has 0 bridgehead atoms. The number of aryl methyl sites for hydroxylation is 1. The molecule has 0 saturated heterocycles. The Morgan fingerprint density at radius 1 is 1.21 bits per heavy atom. The van der Waals surface area contributed by atoms with Crippen molar-refractivity contribution in [3.8, 4) is 17.2 Å². The number of fused-ring (bicyclic) bond motifs is 1. The van der Waals surface area contributed by atoms with Gasteiger partial charge >= 0.3 is 5.97 Å². The van der Waals surface area contributed by atoms with Crippen molar-refractivity contribution in [2.24, 2.45) is 0 Å². The summed E-state index contributed by atoms with van der Waals surface area (Å²) in [6, 6.07) is 13.0. The maximum atomic E-state index is 12.5. The van der Waals surface area contributed by atoms with Crippen LogP contribution in [0.5, 0.6) is 5.75 Å². The predicted octanol–water partition coefficient (Wildman–Crippen LogP) is 4.78. The van der Waals surface area contributed by atoms with Gasteiger partial charge in [0, 0.05) is 16.1 Å². The van der Waals surface area contributed by atoms with Crippen molar-refractivity contribution in [1.29, 1.82) is 0 Å². The lowest BCUT2D eigenvalue weighted by Gasteiger charge is -2.18. The number of halogens is 1. The Balaban J connectivity index is 1.48. The number of aromatic nitrogens is 2. The number of hydrogen-bond donors (Lipinski definition) is 0. The van der Waals surface area contributed by atoms with E-state index in [-0.39, 0.29) is 12.5 Å². The van der Waals surface area contributed by atoms with Gasteiger partial charge in [-0.05, 0) is 50.3 Å². The summed E-state index contributed by atoms with van der Waals surface area (Å²) in [6.45, 7) is 3.79. The Morgan fingerprint density at radius 2 is 2.07 bits per heavy atom. The standard InChI is InChI=1S/C21H17ClN2O4/c1-12-4-3-5-14(8-12)20-24-23-19(28-20)13(2)27-21(25)16-9-15-10-17(22)6-7-18(15)26-11-16/h3-10,13H,11H2,1-2H3. The lowest BCUT2D eigenvalue weighted by atomic mass is 10.1. The first kappa shape index (κ1) is 18.3. The Kier molecular flexibility index (Phi) is 4.88. The van der Waals surface area contributed by atoms with Gasteiger partial charge in [-0.15, -0.1) is 10.2 Å². The number of carbonyl (C=O) groups is 1. The molecule has 1 unspecified atom stereocenters. The van der Waals surface area contributed by atoms with Crippen LogP contribution in [0.15, 0.2) is 52.5 Å². The van der Waals surface area contributed by atoms with E-state index < -0.39 is 12.1 Å². The normalized spacial score (nSPS) is 13.9. The summed E-state index contributed by atoms with van der Waals surface area (Å²) >= 11 is 6.00. The van der Waals surface area contributed by atoms with Crippen LogP contribution >= 0.6 is 11.6 Å². The van der Waals surface area contributed by atoms with Crippen LogP contribution in [0.25, 0.3) is 17.5 Å². The van der Waals surface area contributed by atoms with Crippen LogP contribution in [0.3, 0.4) is 0 Å². The molecule has 142 valence electrons. The molecule has 28 heavy (non-hydrogen) atoms. The van der Waals surface area contributed by atoms with Gasteiger partial charge in [-0.3, -0.25) is 0 Å². The third-order valence-corrected chi connectivity index (χ3v) is 4.52.